The van der Waals surface area contributed by atoms with E-state index >= 15 is 0 Å². The maximum atomic E-state index is 12.5. The lowest BCUT2D eigenvalue weighted by molar-refractivity contribution is 0.513. The summed E-state index contributed by atoms with van der Waals surface area (Å²) in [6, 6.07) is 13.6. The second-order valence-corrected chi connectivity index (χ2v) is 7.67. The number of aryl methyl sites for hydroxylation is 1. The first-order chi connectivity index (χ1) is 11.4. The number of fused-ring (bicyclic) bond motifs is 1. The first kappa shape index (κ1) is 16.4. The number of thioether (sulfide) groups is 1. The highest BCUT2D eigenvalue weighted by atomic mass is 32.2. The molecular weight excluding hydrogens is 344 g/mol. The van der Waals surface area contributed by atoms with Crippen molar-refractivity contribution in [2.45, 2.75) is 16.9 Å². The molecule has 0 unspecified atom stereocenters. The van der Waals surface area contributed by atoms with E-state index in [1.807, 2.05) is 13.2 Å². The SMILES string of the molecule is CSc1oc2ccc(NS(=O)(=O)c3ccc(C)cc3)cc2c1C#N. The van der Waals surface area contributed by atoms with Crippen molar-refractivity contribution in [1.82, 2.24) is 0 Å². The van der Waals surface area contributed by atoms with Crippen LogP contribution in [0.15, 0.2) is 56.9 Å². The van der Waals surface area contributed by atoms with Crippen LogP contribution in [-0.2, 0) is 10.0 Å². The monoisotopic (exact) mass is 358 g/mol. The predicted molar refractivity (Wildman–Crippen MR) is 94.7 cm³/mol. The van der Waals surface area contributed by atoms with Crippen molar-refractivity contribution in [2.75, 3.05) is 11.0 Å². The van der Waals surface area contributed by atoms with Gasteiger partial charge in [0.25, 0.3) is 10.0 Å². The topological polar surface area (TPSA) is 83.1 Å². The van der Waals surface area contributed by atoms with E-state index in [2.05, 4.69) is 10.8 Å². The Morgan fingerprint density at radius 3 is 2.50 bits per heavy atom. The average molecular weight is 358 g/mol. The van der Waals surface area contributed by atoms with Gasteiger partial charge in [0.2, 0.25) is 0 Å². The number of hydrogen-bond acceptors (Lipinski definition) is 5. The lowest BCUT2D eigenvalue weighted by Crippen LogP contribution is -2.12. The van der Waals surface area contributed by atoms with Crippen LogP contribution in [0.4, 0.5) is 5.69 Å². The van der Waals surface area contributed by atoms with Gasteiger partial charge in [-0.1, -0.05) is 29.5 Å². The Kier molecular flexibility index (Phi) is 4.26. The summed E-state index contributed by atoms with van der Waals surface area (Å²) in [5.41, 5.74) is 2.33. The zero-order valence-corrected chi connectivity index (χ0v) is 14.7. The van der Waals surface area contributed by atoms with Crippen LogP contribution in [-0.4, -0.2) is 14.7 Å². The Hall–Kier alpha value is -2.43. The van der Waals surface area contributed by atoms with Crippen molar-refractivity contribution in [3.05, 3.63) is 53.6 Å². The summed E-state index contributed by atoms with van der Waals surface area (Å²) in [6.45, 7) is 1.89. The Bertz CT molecular complexity index is 1050. The van der Waals surface area contributed by atoms with Gasteiger partial charge in [-0.15, -0.1) is 0 Å². The Balaban J connectivity index is 2.01. The van der Waals surface area contributed by atoms with Crippen LogP contribution in [0.3, 0.4) is 0 Å². The number of sulfonamides is 1. The normalized spacial score (nSPS) is 11.4. The molecule has 0 spiro atoms. The molecule has 0 amide bonds. The van der Waals surface area contributed by atoms with Crippen molar-refractivity contribution in [3.63, 3.8) is 0 Å². The van der Waals surface area contributed by atoms with Crippen molar-refractivity contribution >= 4 is 38.4 Å². The highest BCUT2D eigenvalue weighted by molar-refractivity contribution is 7.98. The third-order valence-corrected chi connectivity index (χ3v) is 5.59. The van der Waals surface area contributed by atoms with E-state index in [-0.39, 0.29) is 4.90 Å². The van der Waals surface area contributed by atoms with E-state index in [4.69, 9.17) is 4.42 Å². The molecule has 24 heavy (non-hydrogen) atoms. The standard InChI is InChI=1S/C17H14N2O3S2/c1-11-3-6-13(7-4-11)24(20,21)19-12-5-8-16-14(9-12)15(10-18)17(22-16)23-2/h3-9,19H,1-2H3. The van der Waals surface area contributed by atoms with Gasteiger partial charge in [-0.25, -0.2) is 8.42 Å². The molecule has 0 aliphatic rings. The van der Waals surface area contributed by atoms with Crippen LogP contribution >= 0.6 is 11.8 Å². The summed E-state index contributed by atoms with van der Waals surface area (Å²) >= 11 is 1.34. The number of benzene rings is 2. The van der Waals surface area contributed by atoms with Gasteiger partial charge >= 0.3 is 0 Å². The molecule has 0 saturated carbocycles. The quantitative estimate of drug-likeness (QED) is 0.709. The van der Waals surface area contributed by atoms with Gasteiger partial charge in [-0.2, -0.15) is 5.26 Å². The Labute approximate surface area is 144 Å². The largest absolute Gasteiger partial charge is 0.448 e. The highest BCUT2D eigenvalue weighted by Crippen LogP contribution is 2.33. The van der Waals surface area contributed by atoms with Gasteiger partial charge in [-0.3, -0.25) is 4.72 Å². The van der Waals surface area contributed by atoms with Crippen molar-refractivity contribution < 1.29 is 12.8 Å². The molecule has 3 aromatic rings. The molecule has 1 N–H and O–H groups in total. The third kappa shape index (κ3) is 2.98. The molecule has 1 heterocycles. The molecule has 3 rings (SSSR count). The van der Waals surface area contributed by atoms with E-state index in [9.17, 15) is 13.7 Å². The van der Waals surface area contributed by atoms with E-state index in [0.29, 0.717) is 27.3 Å². The minimum Gasteiger partial charge on any atom is -0.448 e. The van der Waals surface area contributed by atoms with Crippen LogP contribution in [0.2, 0.25) is 0 Å². The van der Waals surface area contributed by atoms with Gasteiger partial charge in [0.1, 0.15) is 17.2 Å². The highest BCUT2D eigenvalue weighted by Gasteiger charge is 2.17. The summed E-state index contributed by atoms with van der Waals surface area (Å²) in [5.74, 6) is 0. The molecule has 122 valence electrons. The van der Waals surface area contributed by atoms with Crippen LogP contribution in [0.25, 0.3) is 11.0 Å². The number of rotatable bonds is 4. The van der Waals surface area contributed by atoms with Crippen molar-refractivity contribution in [3.8, 4) is 6.07 Å². The molecule has 0 saturated heterocycles. The van der Waals surface area contributed by atoms with E-state index in [1.165, 1.54) is 11.8 Å². The fourth-order valence-electron chi connectivity index (χ4n) is 2.32. The first-order valence-corrected chi connectivity index (χ1v) is 9.75. The molecule has 0 bridgehead atoms. The van der Waals surface area contributed by atoms with Gasteiger partial charge in [0.05, 0.1) is 4.90 Å². The lowest BCUT2D eigenvalue weighted by atomic mass is 10.2. The lowest BCUT2D eigenvalue weighted by Gasteiger charge is -2.08. The third-order valence-electron chi connectivity index (χ3n) is 3.54. The van der Waals surface area contributed by atoms with Gasteiger partial charge in [0.15, 0.2) is 5.09 Å². The smallest absolute Gasteiger partial charge is 0.261 e. The van der Waals surface area contributed by atoms with Crippen LogP contribution < -0.4 is 4.72 Å². The summed E-state index contributed by atoms with van der Waals surface area (Å²) < 4.78 is 33.0. The summed E-state index contributed by atoms with van der Waals surface area (Å²) in [6.07, 6.45) is 1.82. The molecular formula is C17H14N2O3S2. The van der Waals surface area contributed by atoms with E-state index in [1.54, 1.807) is 42.5 Å². The van der Waals surface area contributed by atoms with Crippen molar-refractivity contribution in [2.24, 2.45) is 0 Å². The molecule has 2 aromatic carbocycles. The number of nitrogens with one attached hydrogen (secondary N) is 1. The molecule has 0 aliphatic heterocycles. The average Bonchev–Trinajstić information content (AvgIpc) is 2.91. The maximum Gasteiger partial charge on any atom is 0.261 e. The Morgan fingerprint density at radius 1 is 1.17 bits per heavy atom. The molecule has 0 atom stereocenters. The zero-order chi connectivity index (χ0) is 17.3. The van der Waals surface area contributed by atoms with Crippen LogP contribution in [0, 0.1) is 18.3 Å². The Morgan fingerprint density at radius 2 is 1.88 bits per heavy atom. The number of nitriles is 1. The van der Waals surface area contributed by atoms with E-state index < -0.39 is 10.0 Å². The number of hydrogen-bond donors (Lipinski definition) is 1. The second-order valence-electron chi connectivity index (χ2n) is 5.21. The second kappa shape index (κ2) is 6.23. The van der Waals surface area contributed by atoms with Gasteiger partial charge in [-0.05, 0) is 43.5 Å². The molecule has 7 heteroatoms. The molecule has 0 aliphatic carbocycles. The molecule has 0 radical (unpaired) electrons. The zero-order valence-electron chi connectivity index (χ0n) is 13.0. The predicted octanol–water partition coefficient (Wildman–Crippen LogP) is 4.14. The van der Waals surface area contributed by atoms with Crippen LogP contribution in [0.5, 0.6) is 0 Å². The van der Waals surface area contributed by atoms with Gasteiger partial charge < -0.3 is 4.42 Å². The minimum absolute atomic E-state index is 0.186. The minimum atomic E-state index is -3.69. The number of furan rings is 1. The molecule has 1 aromatic heterocycles. The summed E-state index contributed by atoms with van der Waals surface area (Å²) in [4.78, 5) is 0.186. The number of nitrogens with zero attached hydrogens (tertiary/aromatic N) is 1. The van der Waals surface area contributed by atoms with Crippen LogP contribution in [0.1, 0.15) is 11.1 Å². The molecule has 5 nitrogen and oxygen atoms in total. The summed E-state index contributed by atoms with van der Waals surface area (Å²) in [5, 5.41) is 10.4. The fraction of sp³-hybridized carbons (Fsp3) is 0.118. The van der Waals surface area contributed by atoms with Gasteiger partial charge in [0, 0.05) is 11.1 Å². The summed E-state index contributed by atoms with van der Waals surface area (Å²) in [7, 11) is -3.69. The number of anilines is 1. The van der Waals surface area contributed by atoms with Crippen molar-refractivity contribution in [1.29, 1.82) is 5.26 Å². The molecule has 0 fully saturated rings. The van der Waals surface area contributed by atoms with E-state index in [0.717, 1.165) is 5.56 Å². The maximum absolute atomic E-state index is 12.5. The first-order valence-electron chi connectivity index (χ1n) is 7.05. The fourth-order valence-corrected chi connectivity index (χ4v) is 3.90.